The number of rotatable bonds is 6. The summed E-state index contributed by atoms with van der Waals surface area (Å²) < 4.78 is 0. The van der Waals surface area contributed by atoms with Gasteiger partial charge in [0.15, 0.2) is 0 Å². The molecular formula is C10H24N2. The van der Waals surface area contributed by atoms with Crippen LogP contribution in [0.4, 0.5) is 0 Å². The van der Waals surface area contributed by atoms with Crippen LogP contribution in [0, 0.1) is 0 Å². The van der Waals surface area contributed by atoms with Crippen LogP contribution < -0.4 is 5.32 Å². The van der Waals surface area contributed by atoms with Crippen LogP contribution >= 0.6 is 0 Å². The first-order chi connectivity index (χ1) is 5.65. The summed E-state index contributed by atoms with van der Waals surface area (Å²) in [7, 11) is 4.23. The fourth-order valence-corrected chi connectivity index (χ4v) is 1.58. The highest BCUT2D eigenvalue weighted by Gasteiger charge is 2.11. The largest absolute Gasteiger partial charge is 0.316 e. The van der Waals surface area contributed by atoms with E-state index in [0.29, 0.717) is 6.04 Å². The number of nitrogens with zero attached hydrogens (tertiary/aromatic N) is 1. The fourth-order valence-electron chi connectivity index (χ4n) is 1.58. The van der Waals surface area contributed by atoms with Crippen LogP contribution in [0.5, 0.6) is 0 Å². The van der Waals surface area contributed by atoms with Crippen molar-refractivity contribution in [2.24, 2.45) is 0 Å². The van der Waals surface area contributed by atoms with Crippen molar-refractivity contribution < 1.29 is 0 Å². The SMILES string of the molecule is CCC(CC)N(C)CC(C)NC. The van der Waals surface area contributed by atoms with E-state index < -0.39 is 0 Å². The zero-order valence-electron chi connectivity index (χ0n) is 9.22. The smallest absolute Gasteiger partial charge is 0.0163 e. The molecular weight excluding hydrogens is 148 g/mol. The number of hydrogen-bond donors (Lipinski definition) is 1. The molecule has 74 valence electrons. The molecule has 2 nitrogen and oxygen atoms in total. The van der Waals surface area contributed by atoms with Crippen LogP contribution in [0.25, 0.3) is 0 Å². The van der Waals surface area contributed by atoms with Gasteiger partial charge in [0.1, 0.15) is 0 Å². The zero-order chi connectivity index (χ0) is 9.56. The second kappa shape index (κ2) is 6.44. The molecule has 0 heterocycles. The van der Waals surface area contributed by atoms with Gasteiger partial charge in [-0.1, -0.05) is 13.8 Å². The summed E-state index contributed by atoms with van der Waals surface area (Å²) in [6.45, 7) is 7.88. The third-order valence-corrected chi connectivity index (χ3v) is 2.62. The molecule has 0 aliphatic heterocycles. The Labute approximate surface area is 77.3 Å². The van der Waals surface area contributed by atoms with Gasteiger partial charge in [0.05, 0.1) is 0 Å². The normalized spacial score (nSPS) is 14.2. The maximum absolute atomic E-state index is 3.26. The minimum atomic E-state index is 0.593. The van der Waals surface area contributed by atoms with E-state index in [-0.39, 0.29) is 0 Å². The fraction of sp³-hybridized carbons (Fsp3) is 1.00. The van der Waals surface area contributed by atoms with Gasteiger partial charge in [-0.25, -0.2) is 0 Å². The molecule has 1 atom stereocenters. The van der Waals surface area contributed by atoms with Gasteiger partial charge in [0, 0.05) is 18.6 Å². The molecule has 0 fully saturated rings. The summed E-state index contributed by atoms with van der Waals surface area (Å²) >= 11 is 0. The van der Waals surface area contributed by atoms with E-state index >= 15 is 0 Å². The molecule has 0 radical (unpaired) electrons. The predicted octanol–water partition coefficient (Wildman–Crippen LogP) is 1.71. The second-order valence-corrected chi connectivity index (χ2v) is 3.60. The summed E-state index contributed by atoms with van der Waals surface area (Å²) in [6.07, 6.45) is 2.51. The number of hydrogen-bond acceptors (Lipinski definition) is 2. The molecule has 0 spiro atoms. The Morgan fingerprint density at radius 2 is 1.75 bits per heavy atom. The molecule has 0 aromatic rings. The lowest BCUT2D eigenvalue weighted by Crippen LogP contribution is -2.40. The molecule has 0 bridgehead atoms. The highest BCUT2D eigenvalue weighted by molar-refractivity contribution is 4.69. The van der Waals surface area contributed by atoms with Gasteiger partial charge in [-0.3, -0.25) is 0 Å². The lowest BCUT2D eigenvalue weighted by molar-refractivity contribution is 0.212. The Morgan fingerprint density at radius 3 is 2.08 bits per heavy atom. The summed E-state index contributed by atoms with van der Waals surface area (Å²) in [6, 6.07) is 1.34. The molecule has 1 N–H and O–H groups in total. The van der Waals surface area contributed by atoms with Crippen LogP contribution in [0.3, 0.4) is 0 Å². The Morgan fingerprint density at radius 1 is 1.25 bits per heavy atom. The summed E-state index contributed by atoms with van der Waals surface area (Å²) in [5.74, 6) is 0. The van der Waals surface area contributed by atoms with Gasteiger partial charge in [-0.2, -0.15) is 0 Å². The van der Waals surface area contributed by atoms with Crippen molar-refractivity contribution in [1.82, 2.24) is 10.2 Å². The van der Waals surface area contributed by atoms with E-state index in [2.05, 4.69) is 38.0 Å². The van der Waals surface area contributed by atoms with Crippen LogP contribution in [-0.2, 0) is 0 Å². The predicted molar refractivity (Wildman–Crippen MR) is 55.5 cm³/mol. The van der Waals surface area contributed by atoms with Gasteiger partial charge in [-0.05, 0) is 33.9 Å². The van der Waals surface area contributed by atoms with Gasteiger partial charge in [0.2, 0.25) is 0 Å². The number of nitrogens with one attached hydrogen (secondary N) is 1. The van der Waals surface area contributed by atoms with Crippen LogP contribution in [-0.4, -0.2) is 37.6 Å². The number of likely N-dealkylation sites (N-methyl/N-ethyl adjacent to an activating group) is 2. The van der Waals surface area contributed by atoms with E-state index in [4.69, 9.17) is 0 Å². The minimum Gasteiger partial charge on any atom is -0.316 e. The topological polar surface area (TPSA) is 15.3 Å². The molecule has 1 unspecified atom stereocenters. The van der Waals surface area contributed by atoms with E-state index in [0.717, 1.165) is 12.6 Å². The Balaban J connectivity index is 3.75. The molecule has 2 heteroatoms. The molecule has 0 aromatic heterocycles. The molecule has 0 saturated carbocycles. The minimum absolute atomic E-state index is 0.593. The maximum Gasteiger partial charge on any atom is 0.0163 e. The molecule has 0 saturated heterocycles. The maximum atomic E-state index is 3.26. The molecule has 0 amide bonds. The molecule has 0 rings (SSSR count). The van der Waals surface area contributed by atoms with Crippen molar-refractivity contribution in [1.29, 1.82) is 0 Å². The van der Waals surface area contributed by atoms with Crippen molar-refractivity contribution in [3.8, 4) is 0 Å². The monoisotopic (exact) mass is 172 g/mol. The van der Waals surface area contributed by atoms with Crippen LogP contribution in [0.15, 0.2) is 0 Å². The highest BCUT2D eigenvalue weighted by atomic mass is 15.1. The quantitative estimate of drug-likeness (QED) is 0.656. The van der Waals surface area contributed by atoms with Crippen molar-refractivity contribution >= 4 is 0 Å². The Bertz CT molecular complexity index is 100. The van der Waals surface area contributed by atoms with Crippen molar-refractivity contribution in [3.05, 3.63) is 0 Å². The highest BCUT2D eigenvalue weighted by Crippen LogP contribution is 2.05. The first-order valence-electron chi connectivity index (χ1n) is 5.03. The molecule has 0 aliphatic rings. The standard InChI is InChI=1S/C10H24N2/c1-6-10(7-2)12(5)8-9(3)11-4/h9-11H,6-8H2,1-5H3. The van der Waals surface area contributed by atoms with Crippen LogP contribution in [0.2, 0.25) is 0 Å². The van der Waals surface area contributed by atoms with E-state index in [1.54, 1.807) is 0 Å². The second-order valence-electron chi connectivity index (χ2n) is 3.60. The molecule has 0 aromatic carbocycles. The van der Waals surface area contributed by atoms with E-state index in [1.807, 2.05) is 7.05 Å². The first kappa shape index (κ1) is 11.9. The van der Waals surface area contributed by atoms with Gasteiger partial charge < -0.3 is 10.2 Å². The lowest BCUT2D eigenvalue weighted by atomic mass is 10.1. The Hall–Kier alpha value is -0.0800. The summed E-state index contributed by atoms with van der Waals surface area (Å²) in [5, 5.41) is 3.26. The van der Waals surface area contributed by atoms with E-state index in [9.17, 15) is 0 Å². The van der Waals surface area contributed by atoms with Crippen molar-refractivity contribution in [2.75, 3.05) is 20.6 Å². The summed E-state index contributed by atoms with van der Waals surface area (Å²) in [5.41, 5.74) is 0. The molecule has 12 heavy (non-hydrogen) atoms. The van der Waals surface area contributed by atoms with Gasteiger partial charge in [0.25, 0.3) is 0 Å². The average Bonchev–Trinajstić information content (AvgIpc) is 2.06. The van der Waals surface area contributed by atoms with Crippen molar-refractivity contribution in [3.63, 3.8) is 0 Å². The zero-order valence-corrected chi connectivity index (χ0v) is 9.22. The van der Waals surface area contributed by atoms with Gasteiger partial charge >= 0.3 is 0 Å². The molecule has 0 aliphatic carbocycles. The van der Waals surface area contributed by atoms with Crippen molar-refractivity contribution in [2.45, 2.75) is 45.7 Å². The van der Waals surface area contributed by atoms with Gasteiger partial charge in [-0.15, -0.1) is 0 Å². The third kappa shape index (κ3) is 4.07. The van der Waals surface area contributed by atoms with Crippen LogP contribution in [0.1, 0.15) is 33.6 Å². The summed E-state index contributed by atoms with van der Waals surface area (Å²) in [4.78, 5) is 2.45. The average molecular weight is 172 g/mol. The third-order valence-electron chi connectivity index (χ3n) is 2.62. The Kier molecular flexibility index (Phi) is 6.39. The first-order valence-corrected chi connectivity index (χ1v) is 5.03. The lowest BCUT2D eigenvalue weighted by Gasteiger charge is -2.28. The van der Waals surface area contributed by atoms with E-state index in [1.165, 1.54) is 12.8 Å².